The smallest absolute Gasteiger partial charge is 0.263 e. The van der Waals surface area contributed by atoms with Gasteiger partial charge in [0.05, 0.1) is 5.56 Å². The molecule has 0 unspecified atom stereocenters. The monoisotopic (exact) mass is 443 g/mol. The minimum absolute atomic E-state index is 0.0707. The summed E-state index contributed by atoms with van der Waals surface area (Å²) >= 11 is 0. The molecule has 158 valence electrons. The van der Waals surface area contributed by atoms with Gasteiger partial charge >= 0.3 is 0 Å². The van der Waals surface area contributed by atoms with Crippen molar-refractivity contribution in [1.82, 2.24) is 15.0 Å². The van der Waals surface area contributed by atoms with Crippen molar-refractivity contribution < 1.29 is 8.42 Å². The van der Waals surface area contributed by atoms with E-state index in [0.717, 1.165) is 0 Å². The molecule has 4 aromatic rings. The molecule has 32 heavy (non-hydrogen) atoms. The number of hydrogen-bond acceptors (Lipinski definition) is 8. The molecule has 0 radical (unpaired) electrons. The molecular weight excluding hydrogens is 426 g/mol. The van der Waals surface area contributed by atoms with Crippen LogP contribution in [0.4, 0.5) is 28.8 Å². The summed E-state index contributed by atoms with van der Waals surface area (Å²) in [5, 5.41) is 15.4. The molecule has 0 aliphatic heterocycles. The highest BCUT2D eigenvalue weighted by Crippen LogP contribution is 2.23. The van der Waals surface area contributed by atoms with Crippen molar-refractivity contribution in [3.63, 3.8) is 0 Å². The topological polar surface area (TPSA) is 133 Å². The molecule has 0 atom stereocenters. The number of nitrogens with zero attached hydrogens (tertiary/aromatic N) is 4. The van der Waals surface area contributed by atoms with Crippen LogP contribution in [0.5, 0.6) is 0 Å². The van der Waals surface area contributed by atoms with Crippen molar-refractivity contribution in [2.45, 2.75) is 4.90 Å². The fraction of sp³-hybridized carbons (Fsp3) is 0. The summed E-state index contributed by atoms with van der Waals surface area (Å²) in [4.78, 5) is 12.5. The second-order valence-corrected chi connectivity index (χ2v) is 8.20. The highest BCUT2D eigenvalue weighted by Gasteiger charge is 2.18. The third kappa shape index (κ3) is 4.97. The number of nitrogens with one attached hydrogen (secondary N) is 3. The van der Waals surface area contributed by atoms with Gasteiger partial charge in [-0.05, 0) is 48.5 Å². The van der Waals surface area contributed by atoms with Crippen LogP contribution in [0.15, 0.2) is 90.2 Å². The molecule has 4 rings (SSSR count). The Balaban J connectivity index is 1.45. The Morgan fingerprint density at radius 3 is 2.16 bits per heavy atom. The van der Waals surface area contributed by atoms with Gasteiger partial charge in [0.15, 0.2) is 0 Å². The van der Waals surface area contributed by atoms with E-state index in [2.05, 4.69) is 30.3 Å². The molecule has 0 fully saturated rings. The number of aromatic nitrogens is 3. The van der Waals surface area contributed by atoms with Crippen LogP contribution < -0.4 is 15.4 Å². The van der Waals surface area contributed by atoms with Crippen LogP contribution in [-0.2, 0) is 10.0 Å². The van der Waals surface area contributed by atoms with Gasteiger partial charge in [0.1, 0.15) is 34.7 Å². The largest absolute Gasteiger partial charge is 0.340 e. The van der Waals surface area contributed by atoms with Crippen molar-refractivity contribution in [2.75, 3.05) is 15.4 Å². The normalized spacial score (nSPS) is 10.7. The highest BCUT2D eigenvalue weighted by atomic mass is 32.2. The maximum atomic E-state index is 12.6. The molecule has 0 aliphatic rings. The zero-order valence-electron chi connectivity index (χ0n) is 16.6. The summed E-state index contributed by atoms with van der Waals surface area (Å²) in [7, 11) is -3.89. The van der Waals surface area contributed by atoms with E-state index in [9.17, 15) is 8.42 Å². The van der Waals surface area contributed by atoms with E-state index >= 15 is 0 Å². The maximum Gasteiger partial charge on any atom is 0.263 e. The number of anilines is 5. The second kappa shape index (κ2) is 9.11. The molecule has 0 saturated heterocycles. The van der Waals surface area contributed by atoms with Gasteiger partial charge in [-0.15, -0.1) is 0 Å². The van der Waals surface area contributed by atoms with Gasteiger partial charge in [-0.1, -0.05) is 18.2 Å². The lowest BCUT2D eigenvalue weighted by molar-refractivity contribution is 0.601. The number of benzene rings is 2. The predicted molar refractivity (Wildman–Crippen MR) is 121 cm³/mol. The van der Waals surface area contributed by atoms with Gasteiger partial charge < -0.3 is 10.6 Å². The Hall–Kier alpha value is -4.49. The van der Waals surface area contributed by atoms with E-state index in [1.807, 2.05) is 24.3 Å². The van der Waals surface area contributed by atoms with Crippen LogP contribution in [0, 0.1) is 11.3 Å². The third-order valence-corrected chi connectivity index (χ3v) is 5.73. The van der Waals surface area contributed by atoms with Gasteiger partial charge in [-0.2, -0.15) is 5.26 Å². The van der Waals surface area contributed by atoms with Crippen molar-refractivity contribution in [3.8, 4) is 6.07 Å². The quantitative estimate of drug-likeness (QED) is 0.390. The molecule has 9 nitrogen and oxygen atoms in total. The van der Waals surface area contributed by atoms with Gasteiger partial charge in [-0.3, -0.25) is 4.72 Å². The van der Waals surface area contributed by atoms with Crippen LogP contribution in [0.3, 0.4) is 0 Å². The van der Waals surface area contributed by atoms with E-state index in [1.165, 1.54) is 18.5 Å². The molecular formula is C22H17N7O2S. The SMILES string of the molecule is N#Cc1ccccc1S(=O)(=O)Nc1ccc(Nc2cc(Nc3ccccn3)ncn2)cc1. The molecule has 0 bridgehead atoms. The van der Waals surface area contributed by atoms with Crippen LogP contribution in [0.2, 0.25) is 0 Å². The summed E-state index contributed by atoms with van der Waals surface area (Å²) in [5.74, 6) is 1.78. The molecule has 0 spiro atoms. The average molecular weight is 443 g/mol. The van der Waals surface area contributed by atoms with Crippen LogP contribution >= 0.6 is 0 Å². The molecule has 2 aromatic heterocycles. The molecule has 0 saturated carbocycles. The fourth-order valence-corrected chi connectivity index (χ4v) is 4.05. The summed E-state index contributed by atoms with van der Waals surface area (Å²) < 4.78 is 27.8. The standard InChI is InChI=1S/C22H17N7O2S/c23-14-16-5-1-2-6-19(16)32(30,31)29-18-10-8-17(9-11-18)27-21-13-22(26-15-25-21)28-20-7-3-4-12-24-20/h1-13,15,29H,(H2,24,25,26,27,28). The lowest BCUT2D eigenvalue weighted by Gasteiger charge is -2.11. The minimum atomic E-state index is -3.89. The second-order valence-electron chi connectivity index (χ2n) is 6.54. The molecule has 10 heteroatoms. The molecule has 2 aromatic carbocycles. The van der Waals surface area contributed by atoms with Gasteiger partial charge in [0, 0.05) is 23.6 Å². The number of pyridine rings is 1. The maximum absolute atomic E-state index is 12.6. The van der Waals surface area contributed by atoms with Gasteiger partial charge in [-0.25, -0.2) is 23.4 Å². The fourth-order valence-electron chi connectivity index (χ4n) is 2.83. The molecule has 2 heterocycles. The first-order valence-corrected chi connectivity index (χ1v) is 10.9. The minimum Gasteiger partial charge on any atom is -0.340 e. The van der Waals surface area contributed by atoms with Crippen LogP contribution in [0.1, 0.15) is 5.56 Å². The number of sulfonamides is 1. The summed E-state index contributed by atoms with van der Waals surface area (Å²) in [6, 6.07) is 21.8. The summed E-state index contributed by atoms with van der Waals surface area (Å²) in [6.45, 7) is 0. The van der Waals surface area contributed by atoms with E-state index < -0.39 is 10.0 Å². The first-order chi connectivity index (χ1) is 15.5. The van der Waals surface area contributed by atoms with E-state index in [1.54, 1.807) is 48.7 Å². The zero-order chi connectivity index (χ0) is 22.4. The number of nitriles is 1. The van der Waals surface area contributed by atoms with Crippen molar-refractivity contribution in [2.24, 2.45) is 0 Å². The van der Waals surface area contributed by atoms with Gasteiger partial charge in [0.25, 0.3) is 10.0 Å². The Kier molecular flexibility index (Phi) is 5.91. The highest BCUT2D eigenvalue weighted by molar-refractivity contribution is 7.92. The Bertz CT molecular complexity index is 1370. The lowest BCUT2D eigenvalue weighted by atomic mass is 10.2. The third-order valence-electron chi connectivity index (χ3n) is 4.29. The number of rotatable bonds is 7. The molecule has 0 aliphatic carbocycles. The number of hydrogen-bond donors (Lipinski definition) is 3. The van der Waals surface area contributed by atoms with Crippen molar-refractivity contribution >= 4 is 38.9 Å². The lowest BCUT2D eigenvalue weighted by Crippen LogP contribution is -2.14. The predicted octanol–water partition coefficient (Wildman–Crippen LogP) is 4.03. The van der Waals surface area contributed by atoms with Crippen molar-refractivity contribution in [3.05, 3.63) is 90.9 Å². The van der Waals surface area contributed by atoms with Crippen LogP contribution in [-0.4, -0.2) is 23.4 Å². The summed E-state index contributed by atoms with van der Waals surface area (Å²) in [6.07, 6.45) is 3.10. The van der Waals surface area contributed by atoms with Gasteiger partial charge in [0.2, 0.25) is 0 Å². The van der Waals surface area contributed by atoms with E-state index in [0.29, 0.717) is 28.8 Å². The van der Waals surface area contributed by atoms with Crippen molar-refractivity contribution in [1.29, 1.82) is 5.26 Å². The molecule has 0 amide bonds. The molecule has 3 N–H and O–H groups in total. The Morgan fingerprint density at radius 2 is 1.44 bits per heavy atom. The first kappa shape index (κ1) is 20.8. The summed E-state index contributed by atoms with van der Waals surface area (Å²) in [5.41, 5.74) is 1.15. The first-order valence-electron chi connectivity index (χ1n) is 9.43. The van der Waals surface area contributed by atoms with Crippen LogP contribution in [0.25, 0.3) is 0 Å². The zero-order valence-corrected chi connectivity index (χ0v) is 17.4. The Morgan fingerprint density at radius 1 is 0.750 bits per heavy atom. The Labute approximate surface area is 184 Å². The van der Waals surface area contributed by atoms with E-state index in [-0.39, 0.29) is 10.5 Å². The average Bonchev–Trinajstić information content (AvgIpc) is 2.81. The van der Waals surface area contributed by atoms with E-state index in [4.69, 9.17) is 5.26 Å².